The number of halogens is 1. The Morgan fingerprint density at radius 2 is 1.88 bits per heavy atom. The van der Waals surface area contributed by atoms with Crippen molar-refractivity contribution in [1.82, 2.24) is 0 Å². The van der Waals surface area contributed by atoms with Gasteiger partial charge in [-0.3, -0.25) is 0 Å². The topological polar surface area (TPSA) is 12.0 Å². The predicted molar refractivity (Wildman–Crippen MR) is 79.8 cm³/mol. The Hall–Kier alpha value is -0.800. The molecular formula is C14H16BrNS. The molecule has 0 atom stereocenters. The highest BCUT2D eigenvalue weighted by Gasteiger charge is 1.98. The smallest absolute Gasteiger partial charge is 0.0702 e. The summed E-state index contributed by atoms with van der Waals surface area (Å²) in [4.78, 5) is 1.34. The summed E-state index contributed by atoms with van der Waals surface area (Å²) in [5, 5.41) is 3.43. The molecule has 0 radical (unpaired) electrons. The van der Waals surface area contributed by atoms with Gasteiger partial charge >= 0.3 is 0 Å². The third-order valence-corrected chi connectivity index (χ3v) is 4.21. The summed E-state index contributed by atoms with van der Waals surface area (Å²) in [7, 11) is 0. The molecule has 0 saturated heterocycles. The fourth-order valence-corrected chi connectivity index (χ4v) is 3.14. The second-order valence-electron chi connectivity index (χ2n) is 4.01. The summed E-state index contributed by atoms with van der Waals surface area (Å²) in [6.45, 7) is 3.10. The van der Waals surface area contributed by atoms with Gasteiger partial charge in [0.2, 0.25) is 0 Å². The molecule has 90 valence electrons. The van der Waals surface area contributed by atoms with Crippen molar-refractivity contribution in [1.29, 1.82) is 0 Å². The molecule has 0 amide bonds. The van der Waals surface area contributed by atoms with E-state index in [9.17, 15) is 0 Å². The first-order valence-electron chi connectivity index (χ1n) is 5.85. The van der Waals surface area contributed by atoms with Gasteiger partial charge in [0.05, 0.1) is 3.79 Å². The molecule has 1 aromatic carbocycles. The molecule has 2 rings (SSSR count). The van der Waals surface area contributed by atoms with Gasteiger partial charge in [-0.15, -0.1) is 11.3 Å². The van der Waals surface area contributed by atoms with E-state index in [0.717, 1.165) is 13.0 Å². The molecule has 2 aromatic rings. The number of anilines is 1. The van der Waals surface area contributed by atoms with Crippen molar-refractivity contribution >= 4 is 33.0 Å². The van der Waals surface area contributed by atoms with Gasteiger partial charge < -0.3 is 5.32 Å². The maximum absolute atomic E-state index is 3.48. The molecule has 0 aliphatic heterocycles. The van der Waals surface area contributed by atoms with Crippen molar-refractivity contribution in [2.75, 3.05) is 5.32 Å². The van der Waals surface area contributed by atoms with Crippen LogP contribution in [0.15, 0.2) is 40.2 Å². The van der Waals surface area contributed by atoms with Gasteiger partial charge in [0.25, 0.3) is 0 Å². The first-order valence-corrected chi connectivity index (χ1v) is 7.46. The molecule has 0 spiro atoms. The standard InChI is InChI=1S/C14H16BrNS/c1-2-3-11-4-6-12(7-5-11)16-10-13-8-9-14(15)17-13/h4-9,16H,2-3,10H2,1H3. The number of nitrogens with one attached hydrogen (secondary N) is 1. The van der Waals surface area contributed by atoms with Crippen molar-refractivity contribution in [2.45, 2.75) is 26.3 Å². The highest BCUT2D eigenvalue weighted by Crippen LogP contribution is 2.23. The normalized spacial score (nSPS) is 10.5. The van der Waals surface area contributed by atoms with Crippen LogP contribution in [0.4, 0.5) is 5.69 Å². The van der Waals surface area contributed by atoms with Gasteiger partial charge in [-0.25, -0.2) is 0 Å². The lowest BCUT2D eigenvalue weighted by Crippen LogP contribution is -1.97. The van der Waals surface area contributed by atoms with Crippen LogP contribution in [0, 0.1) is 0 Å². The molecule has 1 heterocycles. The van der Waals surface area contributed by atoms with E-state index in [1.807, 2.05) is 0 Å². The minimum absolute atomic E-state index is 0.892. The van der Waals surface area contributed by atoms with E-state index in [4.69, 9.17) is 0 Å². The summed E-state index contributed by atoms with van der Waals surface area (Å²) in [6, 6.07) is 13.0. The Kier molecular flexibility index (Phi) is 4.63. The number of thiophene rings is 1. The largest absolute Gasteiger partial charge is 0.380 e. The summed E-state index contributed by atoms with van der Waals surface area (Å²) < 4.78 is 1.19. The van der Waals surface area contributed by atoms with Gasteiger partial charge in [0, 0.05) is 17.1 Å². The summed E-state index contributed by atoms with van der Waals surface area (Å²) in [5.41, 5.74) is 2.60. The molecule has 1 aromatic heterocycles. The van der Waals surface area contributed by atoms with E-state index < -0.39 is 0 Å². The third-order valence-electron chi connectivity index (χ3n) is 2.59. The zero-order valence-electron chi connectivity index (χ0n) is 9.87. The Morgan fingerprint density at radius 1 is 1.12 bits per heavy atom. The quantitative estimate of drug-likeness (QED) is 0.812. The van der Waals surface area contributed by atoms with Crippen LogP contribution in [0.2, 0.25) is 0 Å². The van der Waals surface area contributed by atoms with Crippen molar-refractivity contribution in [3.63, 3.8) is 0 Å². The Morgan fingerprint density at radius 3 is 2.47 bits per heavy atom. The lowest BCUT2D eigenvalue weighted by molar-refractivity contribution is 0.922. The first kappa shape index (κ1) is 12.7. The number of rotatable bonds is 5. The maximum atomic E-state index is 3.48. The number of hydrogen-bond acceptors (Lipinski definition) is 2. The molecule has 3 heteroatoms. The molecule has 0 aliphatic carbocycles. The van der Waals surface area contributed by atoms with Crippen molar-refractivity contribution in [2.24, 2.45) is 0 Å². The van der Waals surface area contributed by atoms with Crippen LogP contribution in [-0.4, -0.2) is 0 Å². The van der Waals surface area contributed by atoms with Crippen LogP contribution >= 0.6 is 27.3 Å². The number of hydrogen-bond donors (Lipinski definition) is 1. The van der Waals surface area contributed by atoms with E-state index in [1.54, 1.807) is 11.3 Å². The van der Waals surface area contributed by atoms with Gasteiger partial charge in [0.15, 0.2) is 0 Å². The predicted octanol–water partition coefficient (Wildman–Crippen LogP) is 5.08. The Labute approximate surface area is 115 Å². The summed E-state index contributed by atoms with van der Waals surface area (Å²) in [6.07, 6.45) is 2.37. The zero-order chi connectivity index (χ0) is 12.1. The summed E-state index contributed by atoms with van der Waals surface area (Å²) >= 11 is 5.25. The molecule has 0 fully saturated rings. The second kappa shape index (κ2) is 6.22. The molecular weight excluding hydrogens is 294 g/mol. The average molecular weight is 310 g/mol. The Bertz CT molecular complexity index is 461. The van der Waals surface area contributed by atoms with Crippen LogP contribution < -0.4 is 5.32 Å². The van der Waals surface area contributed by atoms with Gasteiger partial charge in [0.1, 0.15) is 0 Å². The van der Waals surface area contributed by atoms with Crippen LogP contribution in [0.5, 0.6) is 0 Å². The van der Waals surface area contributed by atoms with E-state index >= 15 is 0 Å². The highest BCUT2D eigenvalue weighted by atomic mass is 79.9. The van der Waals surface area contributed by atoms with Gasteiger partial charge in [-0.2, -0.15) is 0 Å². The van der Waals surface area contributed by atoms with Crippen LogP contribution in [-0.2, 0) is 13.0 Å². The van der Waals surface area contributed by atoms with Crippen molar-refractivity contribution in [3.05, 3.63) is 50.6 Å². The first-order chi connectivity index (χ1) is 8.28. The maximum Gasteiger partial charge on any atom is 0.0702 e. The van der Waals surface area contributed by atoms with Gasteiger partial charge in [-0.05, 0) is 52.2 Å². The molecule has 0 aliphatic rings. The number of benzene rings is 1. The zero-order valence-corrected chi connectivity index (χ0v) is 12.3. The van der Waals surface area contributed by atoms with Gasteiger partial charge in [-0.1, -0.05) is 25.5 Å². The molecule has 0 unspecified atom stereocenters. The molecule has 0 saturated carbocycles. The fraction of sp³-hybridized carbons (Fsp3) is 0.286. The number of aryl methyl sites for hydroxylation is 1. The van der Waals surface area contributed by atoms with E-state index in [0.29, 0.717) is 0 Å². The second-order valence-corrected chi connectivity index (χ2v) is 6.55. The lowest BCUT2D eigenvalue weighted by Gasteiger charge is -2.05. The SMILES string of the molecule is CCCc1ccc(NCc2ccc(Br)s2)cc1. The van der Waals surface area contributed by atoms with E-state index in [-0.39, 0.29) is 0 Å². The fourth-order valence-electron chi connectivity index (χ4n) is 1.71. The van der Waals surface area contributed by atoms with Crippen molar-refractivity contribution < 1.29 is 0 Å². The molecule has 17 heavy (non-hydrogen) atoms. The average Bonchev–Trinajstić information content (AvgIpc) is 2.75. The van der Waals surface area contributed by atoms with Crippen LogP contribution in [0.3, 0.4) is 0 Å². The molecule has 0 bridgehead atoms. The lowest BCUT2D eigenvalue weighted by atomic mass is 10.1. The van der Waals surface area contributed by atoms with Crippen LogP contribution in [0.1, 0.15) is 23.8 Å². The molecule has 1 N–H and O–H groups in total. The monoisotopic (exact) mass is 309 g/mol. The van der Waals surface area contributed by atoms with Crippen molar-refractivity contribution in [3.8, 4) is 0 Å². The highest BCUT2D eigenvalue weighted by molar-refractivity contribution is 9.11. The Balaban J connectivity index is 1.90. The van der Waals surface area contributed by atoms with Crippen LogP contribution in [0.25, 0.3) is 0 Å². The third kappa shape index (κ3) is 3.86. The molecule has 1 nitrogen and oxygen atoms in total. The minimum Gasteiger partial charge on any atom is -0.380 e. The summed E-state index contributed by atoms with van der Waals surface area (Å²) in [5.74, 6) is 0. The van der Waals surface area contributed by atoms with E-state index in [2.05, 4.69) is 64.6 Å². The minimum atomic E-state index is 0.892. The van der Waals surface area contributed by atoms with E-state index in [1.165, 1.54) is 26.3 Å².